The topological polar surface area (TPSA) is 158 Å². The zero-order valence-corrected chi connectivity index (χ0v) is 17.0. The van der Waals surface area contributed by atoms with Gasteiger partial charge in [0.2, 0.25) is 0 Å². The van der Waals surface area contributed by atoms with Gasteiger partial charge in [-0.2, -0.15) is 0 Å². The fourth-order valence-corrected chi connectivity index (χ4v) is 6.40. The number of carbonyl (C=O) groups is 1. The number of nitrogens with one attached hydrogen (secondary N) is 1. The van der Waals surface area contributed by atoms with Crippen molar-refractivity contribution in [3.63, 3.8) is 0 Å². The van der Waals surface area contributed by atoms with Crippen LogP contribution in [-0.4, -0.2) is 87.0 Å². The minimum atomic E-state index is -1.79. The molecule has 172 valence electrons. The third-order valence-electron chi connectivity index (χ3n) is 7.77. The van der Waals surface area contributed by atoms with E-state index in [1.807, 2.05) is 12.1 Å². The van der Waals surface area contributed by atoms with Gasteiger partial charge in [0.15, 0.2) is 23.9 Å². The molecular formula is C22H25NO9. The van der Waals surface area contributed by atoms with E-state index < -0.39 is 54.3 Å². The summed E-state index contributed by atoms with van der Waals surface area (Å²) in [7, 11) is 0. The molecule has 0 radical (unpaired) electrons. The largest absolute Gasteiger partial charge is 0.504 e. The maximum atomic E-state index is 11.4. The van der Waals surface area contributed by atoms with E-state index in [0.29, 0.717) is 5.75 Å². The van der Waals surface area contributed by atoms with Crippen molar-refractivity contribution in [1.82, 2.24) is 5.32 Å². The third-order valence-corrected chi connectivity index (χ3v) is 7.77. The summed E-state index contributed by atoms with van der Waals surface area (Å²) >= 11 is 0. The Balaban J connectivity index is 1.37. The first-order chi connectivity index (χ1) is 15.3. The van der Waals surface area contributed by atoms with Gasteiger partial charge in [0.25, 0.3) is 0 Å². The van der Waals surface area contributed by atoms with Crippen molar-refractivity contribution in [2.45, 2.75) is 67.2 Å². The normalized spacial score (nSPS) is 45.8. The van der Waals surface area contributed by atoms with Crippen LogP contribution in [0.4, 0.5) is 0 Å². The van der Waals surface area contributed by atoms with Crippen LogP contribution in [0.5, 0.6) is 11.5 Å². The first kappa shape index (κ1) is 20.4. The number of hydrogen-bond donors (Lipinski definition) is 6. The van der Waals surface area contributed by atoms with Gasteiger partial charge in [-0.3, -0.25) is 0 Å². The molecule has 1 aromatic carbocycles. The van der Waals surface area contributed by atoms with E-state index in [0.717, 1.165) is 30.5 Å². The molecular weight excluding hydrogens is 422 g/mol. The van der Waals surface area contributed by atoms with Gasteiger partial charge in [-0.25, -0.2) is 4.79 Å². The molecule has 10 atom stereocenters. The number of aliphatic hydroxyl groups is 3. The van der Waals surface area contributed by atoms with Gasteiger partial charge in [-0.15, -0.1) is 0 Å². The monoisotopic (exact) mass is 447 g/mol. The van der Waals surface area contributed by atoms with Crippen LogP contribution in [0.2, 0.25) is 0 Å². The fourth-order valence-electron chi connectivity index (χ4n) is 6.40. The number of rotatable bonds is 3. The first-order valence-corrected chi connectivity index (χ1v) is 10.8. The van der Waals surface area contributed by atoms with E-state index >= 15 is 0 Å². The molecule has 10 nitrogen and oxygen atoms in total. The summed E-state index contributed by atoms with van der Waals surface area (Å²) in [4.78, 5) is 11.4. The van der Waals surface area contributed by atoms with Gasteiger partial charge in [-0.1, -0.05) is 18.2 Å². The zero-order valence-electron chi connectivity index (χ0n) is 17.0. The lowest BCUT2D eigenvalue weighted by Crippen LogP contribution is -2.66. The molecule has 32 heavy (non-hydrogen) atoms. The van der Waals surface area contributed by atoms with Crippen LogP contribution >= 0.6 is 0 Å². The molecule has 3 unspecified atom stereocenters. The predicted molar refractivity (Wildman–Crippen MR) is 106 cm³/mol. The summed E-state index contributed by atoms with van der Waals surface area (Å²) in [6, 6.07) is 3.76. The summed E-state index contributed by atoms with van der Waals surface area (Å²) in [6.45, 7) is 0.769. The number of ether oxygens (including phenoxy) is 3. The number of hydrogen-bond acceptors (Lipinski definition) is 9. The Morgan fingerprint density at radius 1 is 1.16 bits per heavy atom. The minimum Gasteiger partial charge on any atom is -0.504 e. The minimum absolute atomic E-state index is 0.0560. The van der Waals surface area contributed by atoms with Crippen LogP contribution in [0.1, 0.15) is 17.5 Å². The predicted octanol–water partition coefficient (Wildman–Crippen LogP) is -1.23. The van der Waals surface area contributed by atoms with E-state index in [2.05, 4.69) is 11.4 Å². The number of phenols is 1. The second-order valence-electron chi connectivity index (χ2n) is 9.29. The molecule has 3 heterocycles. The maximum absolute atomic E-state index is 11.4. The second kappa shape index (κ2) is 6.89. The summed E-state index contributed by atoms with van der Waals surface area (Å²) in [5.74, 6) is -0.852. The van der Waals surface area contributed by atoms with Gasteiger partial charge < -0.3 is 45.1 Å². The summed E-state index contributed by atoms with van der Waals surface area (Å²) in [5, 5.41) is 53.9. The molecule has 10 heteroatoms. The number of aliphatic hydroxyl groups excluding tert-OH is 3. The quantitative estimate of drug-likeness (QED) is 0.310. The highest BCUT2D eigenvalue weighted by molar-refractivity contribution is 5.73. The Labute approximate surface area is 183 Å². The van der Waals surface area contributed by atoms with Gasteiger partial charge in [0, 0.05) is 22.9 Å². The molecule has 2 fully saturated rings. The Hall–Kier alpha value is -2.21. The SMILES string of the molecule is O=C(O)C1OC(O[C@H]2C=CC3[C@H]4Cc5ccc(O)c6c5[C@@]3(CCN4)[C@H]2O6)[C@@H](O)[C@H](O)[C@@H]1O. The van der Waals surface area contributed by atoms with E-state index in [9.17, 15) is 30.3 Å². The zero-order chi connectivity index (χ0) is 22.4. The fraction of sp³-hybridized carbons (Fsp3) is 0.591. The van der Waals surface area contributed by atoms with Gasteiger partial charge in [0.1, 0.15) is 30.5 Å². The molecule has 0 aromatic heterocycles. The van der Waals surface area contributed by atoms with Crippen molar-refractivity contribution in [1.29, 1.82) is 0 Å². The molecule has 0 saturated carbocycles. The van der Waals surface area contributed by atoms with Crippen LogP contribution in [0.15, 0.2) is 24.3 Å². The third kappa shape index (κ3) is 2.53. The lowest BCUT2D eigenvalue weighted by atomic mass is 9.53. The van der Waals surface area contributed by atoms with Gasteiger partial charge in [0.05, 0.1) is 0 Å². The number of aliphatic carboxylic acids is 1. The maximum Gasteiger partial charge on any atom is 0.335 e. The van der Waals surface area contributed by atoms with Crippen molar-refractivity contribution >= 4 is 5.97 Å². The summed E-state index contributed by atoms with van der Waals surface area (Å²) < 4.78 is 17.6. The van der Waals surface area contributed by atoms with Crippen molar-refractivity contribution < 1.29 is 44.5 Å². The van der Waals surface area contributed by atoms with Gasteiger partial charge >= 0.3 is 5.97 Å². The standard InChI is InChI=1S/C22H25NO9/c24-11-3-1-8-7-10-9-2-4-12(19-22(9,5-6-23-10)13(8)17(11)31-19)30-21-16(27)14(25)15(26)18(32-21)20(28)29/h1-4,9-10,12,14-16,18-19,21,23-27H,5-7H2,(H,28,29)/t9?,10-,12+,14-,15+,16+,18?,19+,21?,22+/m1/s1. The molecule has 5 aliphatic rings. The summed E-state index contributed by atoms with van der Waals surface area (Å²) in [5.41, 5.74) is 1.66. The molecule has 2 saturated heterocycles. The number of phenolic OH excluding ortho intramolecular Hbond substituents is 1. The average Bonchev–Trinajstić information content (AvgIpc) is 3.11. The van der Waals surface area contributed by atoms with Gasteiger partial charge in [-0.05, 0) is 31.0 Å². The molecule has 6 N–H and O–H groups in total. The smallest absolute Gasteiger partial charge is 0.335 e. The number of aromatic hydroxyl groups is 1. The number of piperidine rings is 1. The van der Waals surface area contributed by atoms with Crippen molar-refractivity contribution in [3.8, 4) is 11.5 Å². The Morgan fingerprint density at radius 3 is 2.75 bits per heavy atom. The average molecular weight is 447 g/mol. The van der Waals surface area contributed by atoms with Crippen LogP contribution in [0.3, 0.4) is 0 Å². The highest BCUT2D eigenvalue weighted by atomic mass is 16.7. The molecule has 1 spiro atoms. The number of carboxylic acid groups (broad SMARTS) is 1. The van der Waals surface area contributed by atoms with Crippen LogP contribution in [0.25, 0.3) is 0 Å². The van der Waals surface area contributed by atoms with Crippen molar-refractivity contribution in [3.05, 3.63) is 35.4 Å². The lowest BCUT2D eigenvalue weighted by molar-refractivity contribution is -0.307. The molecule has 1 aromatic rings. The molecule has 2 aliphatic carbocycles. The van der Waals surface area contributed by atoms with E-state index in [-0.39, 0.29) is 17.7 Å². The van der Waals surface area contributed by atoms with E-state index in [1.54, 1.807) is 6.07 Å². The Morgan fingerprint density at radius 2 is 1.97 bits per heavy atom. The summed E-state index contributed by atoms with van der Waals surface area (Å²) in [6.07, 6.45) is -4.26. The van der Waals surface area contributed by atoms with Crippen molar-refractivity contribution in [2.75, 3.05) is 6.54 Å². The van der Waals surface area contributed by atoms with E-state index in [1.165, 1.54) is 0 Å². The van der Waals surface area contributed by atoms with Crippen LogP contribution in [-0.2, 0) is 26.1 Å². The highest BCUT2D eigenvalue weighted by Gasteiger charge is 2.64. The lowest BCUT2D eigenvalue weighted by Gasteiger charge is -2.54. The Kier molecular flexibility index (Phi) is 4.40. The van der Waals surface area contributed by atoms with Crippen molar-refractivity contribution in [2.24, 2.45) is 5.92 Å². The second-order valence-corrected chi connectivity index (χ2v) is 9.29. The molecule has 3 aliphatic heterocycles. The van der Waals surface area contributed by atoms with Crippen LogP contribution < -0.4 is 10.1 Å². The highest BCUT2D eigenvalue weighted by Crippen LogP contribution is 2.61. The first-order valence-electron chi connectivity index (χ1n) is 10.8. The van der Waals surface area contributed by atoms with Crippen LogP contribution in [0, 0.1) is 5.92 Å². The molecule has 2 bridgehead atoms. The Bertz CT molecular complexity index is 998. The molecule has 0 amide bonds. The number of carboxylic acids is 1. The molecule has 6 rings (SSSR count). The number of benzene rings is 1. The van der Waals surface area contributed by atoms with E-state index in [4.69, 9.17) is 14.2 Å².